The van der Waals surface area contributed by atoms with Crippen molar-refractivity contribution in [3.63, 3.8) is 0 Å². The number of para-hydroxylation sites is 1. The number of nitrogens with zero attached hydrogens (tertiary/aromatic N) is 1. The monoisotopic (exact) mass is 333 g/mol. The van der Waals surface area contributed by atoms with Crippen molar-refractivity contribution < 1.29 is 9.59 Å². The van der Waals surface area contributed by atoms with Crippen molar-refractivity contribution in [3.8, 4) is 0 Å². The Hall–Kier alpha value is -3.08. The van der Waals surface area contributed by atoms with Crippen molar-refractivity contribution in [2.45, 2.75) is 12.5 Å². The molecule has 2 aromatic carbocycles. The fourth-order valence-corrected chi connectivity index (χ4v) is 3.46. The van der Waals surface area contributed by atoms with Gasteiger partial charge in [0, 0.05) is 24.7 Å². The Morgan fingerprint density at radius 1 is 1.04 bits per heavy atom. The van der Waals surface area contributed by atoms with Crippen LogP contribution in [0.1, 0.15) is 28.4 Å². The smallest absolute Gasteiger partial charge is 0.256 e. The van der Waals surface area contributed by atoms with Crippen LogP contribution in [0.15, 0.2) is 60.8 Å². The lowest BCUT2D eigenvalue weighted by atomic mass is 10.0. The summed E-state index contributed by atoms with van der Waals surface area (Å²) in [7, 11) is 0. The Balaban J connectivity index is 1.76. The summed E-state index contributed by atoms with van der Waals surface area (Å²) in [5, 5.41) is 3.88. The normalized spacial score (nSPS) is 18.0. The number of hydrogen-bond donors (Lipinski definition) is 2. The molecule has 2 amide bonds. The maximum Gasteiger partial charge on any atom is 0.256 e. The average molecular weight is 333 g/mol. The molecule has 1 atom stereocenters. The third-order valence-electron chi connectivity index (χ3n) is 4.69. The Bertz CT molecular complexity index is 917. The third kappa shape index (κ3) is 2.89. The first kappa shape index (κ1) is 15.4. The molecule has 0 radical (unpaired) electrons. The largest absolute Gasteiger partial charge is 0.361 e. The standard InChI is InChI=1S/C20H19N3O2/c24-18-13-17(14-5-2-1-3-6-14)23(12-11-21-18)20(25)16-8-4-7-15-9-10-22-19(15)16/h1-10,17,22H,11-13H2,(H,21,24)/t17-/m1/s1. The number of fused-ring (bicyclic) bond motifs is 1. The molecular formula is C20H19N3O2. The van der Waals surface area contributed by atoms with E-state index in [-0.39, 0.29) is 24.3 Å². The van der Waals surface area contributed by atoms with Gasteiger partial charge in [0.15, 0.2) is 0 Å². The highest BCUT2D eigenvalue weighted by Gasteiger charge is 2.31. The molecule has 5 nitrogen and oxygen atoms in total. The molecular weight excluding hydrogens is 314 g/mol. The Morgan fingerprint density at radius 2 is 1.88 bits per heavy atom. The molecule has 1 aliphatic rings. The fraction of sp³-hybridized carbons (Fsp3) is 0.200. The zero-order chi connectivity index (χ0) is 17.2. The average Bonchev–Trinajstić information content (AvgIpc) is 3.04. The summed E-state index contributed by atoms with van der Waals surface area (Å²) in [5.74, 6) is -0.0827. The molecule has 1 fully saturated rings. The van der Waals surface area contributed by atoms with Crippen LogP contribution in [0.4, 0.5) is 0 Å². The second kappa shape index (κ2) is 6.43. The topological polar surface area (TPSA) is 65.2 Å². The highest BCUT2D eigenvalue weighted by molar-refractivity contribution is 6.06. The molecule has 126 valence electrons. The van der Waals surface area contributed by atoms with E-state index in [1.54, 1.807) is 0 Å². The molecule has 25 heavy (non-hydrogen) atoms. The number of benzene rings is 2. The van der Waals surface area contributed by atoms with E-state index in [0.29, 0.717) is 18.7 Å². The van der Waals surface area contributed by atoms with E-state index in [1.165, 1.54) is 0 Å². The summed E-state index contributed by atoms with van der Waals surface area (Å²) in [4.78, 5) is 30.4. The number of carbonyl (C=O) groups excluding carboxylic acids is 2. The number of aromatic nitrogens is 1. The van der Waals surface area contributed by atoms with E-state index in [9.17, 15) is 9.59 Å². The van der Waals surface area contributed by atoms with Crippen molar-refractivity contribution in [1.82, 2.24) is 15.2 Å². The van der Waals surface area contributed by atoms with Crippen LogP contribution in [0.5, 0.6) is 0 Å². The zero-order valence-corrected chi connectivity index (χ0v) is 13.7. The first-order valence-corrected chi connectivity index (χ1v) is 8.43. The predicted octanol–water partition coefficient (Wildman–Crippen LogP) is 2.87. The number of nitrogens with one attached hydrogen (secondary N) is 2. The zero-order valence-electron chi connectivity index (χ0n) is 13.7. The minimum absolute atomic E-state index is 0.0257. The minimum atomic E-state index is -0.263. The van der Waals surface area contributed by atoms with Crippen LogP contribution < -0.4 is 5.32 Å². The second-order valence-corrected chi connectivity index (χ2v) is 6.23. The molecule has 0 spiro atoms. The first-order valence-electron chi connectivity index (χ1n) is 8.43. The molecule has 3 aromatic rings. The summed E-state index contributed by atoms with van der Waals surface area (Å²) < 4.78 is 0. The molecule has 1 aromatic heterocycles. The molecule has 0 aliphatic carbocycles. The van der Waals surface area contributed by atoms with Gasteiger partial charge in [0.1, 0.15) is 0 Å². The van der Waals surface area contributed by atoms with Crippen molar-refractivity contribution in [1.29, 1.82) is 0 Å². The summed E-state index contributed by atoms with van der Waals surface area (Å²) >= 11 is 0. The quantitative estimate of drug-likeness (QED) is 0.757. The molecule has 2 N–H and O–H groups in total. The Kier molecular flexibility index (Phi) is 3.98. The van der Waals surface area contributed by atoms with Gasteiger partial charge in [0.25, 0.3) is 5.91 Å². The number of amides is 2. The van der Waals surface area contributed by atoms with Gasteiger partial charge in [-0.2, -0.15) is 0 Å². The van der Waals surface area contributed by atoms with Gasteiger partial charge in [0.05, 0.1) is 23.5 Å². The van der Waals surface area contributed by atoms with Crippen LogP contribution in [0.25, 0.3) is 10.9 Å². The lowest BCUT2D eigenvalue weighted by Gasteiger charge is -2.29. The maximum absolute atomic E-state index is 13.3. The molecule has 0 unspecified atom stereocenters. The van der Waals surface area contributed by atoms with Crippen LogP contribution in [0, 0.1) is 0 Å². The number of rotatable bonds is 2. The lowest BCUT2D eigenvalue weighted by Crippen LogP contribution is -2.36. The van der Waals surface area contributed by atoms with E-state index < -0.39 is 0 Å². The summed E-state index contributed by atoms with van der Waals surface area (Å²) in [6.45, 7) is 0.954. The van der Waals surface area contributed by atoms with Crippen LogP contribution in [-0.2, 0) is 4.79 Å². The summed E-state index contributed by atoms with van der Waals surface area (Å²) in [6.07, 6.45) is 2.11. The summed E-state index contributed by atoms with van der Waals surface area (Å²) in [5.41, 5.74) is 2.45. The van der Waals surface area contributed by atoms with Gasteiger partial charge in [-0.1, -0.05) is 42.5 Å². The lowest BCUT2D eigenvalue weighted by molar-refractivity contribution is -0.121. The van der Waals surface area contributed by atoms with Crippen LogP contribution in [-0.4, -0.2) is 34.8 Å². The maximum atomic E-state index is 13.3. The van der Waals surface area contributed by atoms with Gasteiger partial charge in [-0.05, 0) is 17.7 Å². The van der Waals surface area contributed by atoms with E-state index in [4.69, 9.17) is 0 Å². The van der Waals surface area contributed by atoms with Gasteiger partial charge in [0.2, 0.25) is 5.91 Å². The van der Waals surface area contributed by atoms with E-state index in [2.05, 4.69) is 10.3 Å². The van der Waals surface area contributed by atoms with Crippen molar-refractivity contribution in [2.24, 2.45) is 0 Å². The van der Waals surface area contributed by atoms with Gasteiger partial charge in [-0.25, -0.2) is 0 Å². The second-order valence-electron chi connectivity index (χ2n) is 6.23. The number of aromatic amines is 1. The highest BCUT2D eigenvalue weighted by atomic mass is 16.2. The van der Waals surface area contributed by atoms with Crippen LogP contribution >= 0.6 is 0 Å². The fourth-order valence-electron chi connectivity index (χ4n) is 3.46. The first-order chi connectivity index (χ1) is 12.2. The molecule has 5 heteroatoms. The summed E-state index contributed by atoms with van der Waals surface area (Å²) in [6, 6.07) is 17.1. The van der Waals surface area contributed by atoms with Gasteiger partial charge in [-0.3, -0.25) is 9.59 Å². The molecule has 1 saturated heterocycles. The van der Waals surface area contributed by atoms with E-state index in [0.717, 1.165) is 16.5 Å². The van der Waals surface area contributed by atoms with Crippen LogP contribution in [0.2, 0.25) is 0 Å². The SMILES string of the molecule is O=C1C[C@H](c2ccccc2)N(C(=O)c2cccc3cc[nH]c23)CCN1. The van der Waals surface area contributed by atoms with Crippen molar-refractivity contribution in [2.75, 3.05) is 13.1 Å². The van der Waals surface area contributed by atoms with Gasteiger partial charge >= 0.3 is 0 Å². The molecule has 4 rings (SSSR count). The number of hydrogen-bond acceptors (Lipinski definition) is 2. The van der Waals surface area contributed by atoms with Gasteiger partial charge < -0.3 is 15.2 Å². The van der Waals surface area contributed by atoms with Crippen LogP contribution in [0.3, 0.4) is 0 Å². The van der Waals surface area contributed by atoms with Gasteiger partial charge in [-0.15, -0.1) is 0 Å². The third-order valence-corrected chi connectivity index (χ3v) is 4.69. The van der Waals surface area contributed by atoms with E-state index >= 15 is 0 Å². The van der Waals surface area contributed by atoms with Crippen molar-refractivity contribution in [3.05, 3.63) is 71.9 Å². The molecule has 2 heterocycles. The number of H-pyrrole nitrogens is 1. The minimum Gasteiger partial charge on any atom is -0.361 e. The Labute approximate surface area is 145 Å². The predicted molar refractivity (Wildman–Crippen MR) is 96.1 cm³/mol. The molecule has 0 saturated carbocycles. The highest BCUT2D eigenvalue weighted by Crippen LogP contribution is 2.29. The Morgan fingerprint density at radius 3 is 2.72 bits per heavy atom. The molecule has 0 bridgehead atoms. The number of carbonyl (C=O) groups is 2. The molecule has 1 aliphatic heterocycles. The van der Waals surface area contributed by atoms with Crippen molar-refractivity contribution >= 4 is 22.7 Å². The van der Waals surface area contributed by atoms with E-state index in [1.807, 2.05) is 65.7 Å².